The van der Waals surface area contributed by atoms with Crippen LogP contribution < -0.4 is 9.47 Å². The Morgan fingerprint density at radius 1 is 1.14 bits per heavy atom. The molecule has 0 fully saturated rings. The van der Waals surface area contributed by atoms with Crippen LogP contribution in [0.4, 0.5) is 5.69 Å². The third kappa shape index (κ3) is 2.87. The van der Waals surface area contributed by atoms with Crippen LogP contribution in [0, 0.1) is 10.1 Å². The van der Waals surface area contributed by atoms with Crippen molar-refractivity contribution < 1.29 is 19.5 Å². The molecule has 0 bridgehead atoms. The lowest BCUT2D eigenvalue weighted by Gasteiger charge is -2.18. The third-order valence-electron chi connectivity index (χ3n) is 2.87. The van der Waals surface area contributed by atoms with E-state index < -0.39 is 4.92 Å². The molecule has 3 rings (SSSR count). The van der Waals surface area contributed by atoms with Crippen LogP contribution in [0.15, 0.2) is 46.2 Å². The summed E-state index contributed by atoms with van der Waals surface area (Å²) in [6.45, 7) is 0.796. The zero-order valence-electron chi connectivity index (χ0n) is 10.8. The van der Waals surface area contributed by atoms with Gasteiger partial charge in [-0.3, -0.25) is 10.1 Å². The molecule has 0 aliphatic carbocycles. The molecule has 0 radical (unpaired) electrons. The average Bonchev–Trinajstić information content (AvgIpc) is 2.46. The van der Waals surface area contributed by atoms with Gasteiger partial charge < -0.3 is 14.6 Å². The number of hydrogen-bond acceptors (Lipinski definition) is 6. The molecule has 1 aliphatic heterocycles. The minimum absolute atomic E-state index is 0.0485. The Labute approximate surface area is 124 Å². The third-order valence-corrected chi connectivity index (χ3v) is 3.90. The van der Waals surface area contributed by atoms with Crippen LogP contribution in [0.2, 0.25) is 0 Å². The summed E-state index contributed by atoms with van der Waals surface area (Å²) in [5.41, 5.74) is -0.0485. The van der Waals surface area contributed by atoms with Crippen LogP contribution in [0.5, 0.6) is 17.2 Å². The van der Waals surface area contributed by atoms with Crippen LogP contribution in [-0.2, 0) is 0 Å². The van der Waals surface area contributed by atoms with E-state index in [-0.39, 0.29) is 11.4 Å². The smallest absolute Gasteiger partial charge is 0.287 e. The minimum atomic E-state index is -0.455. The normalized spacial score (nSPS) is 13.0. The van der Waals surface area contributed by atoms with Gasteiger partial charge in [0.25, 0.3) is 5.69 Å². The number of hydrogen-bond donors (Lipinski definition) is 1. The van der Waals surface area contributed by atoms with Crippen molar-refractivity contribution in [3.8, 4) is 17.2 Å². The van der Waals surface area contributed by atoms with Gasteiger partial charge in [0, 0.05) is 11.0 Å². The van der Waals surface area contributed by atoms with E-state index in [2.05, 4.69) is 0 Å². The molecule has 6 nitrogen and oxygen atoms in total. The molecule has 0 spiro atoms. The number of fused-ring (bicyclic) bond motifs is 1. The molecular formula is C14H11NO5S. The molecule has 1 N–H and O–H groups in total. The molecule has 0 saturated heterocycles. The molecule has 21 heavy (non-hydrogen) atoms. The van der Waals surface area contributed by atoms with E-state index in [4.69, 9.17) is 9.47 Å². The molecule has 7 heteroatoms. The van der Waals surface area contributed by atoms with Gasteiger partial charge in [-0.15, -0.1) is 0 Å². The Morgan fingerprint density at radius 2 is 1.86 bits per heavy atom. The number of ether oxygens (including phenoxy) is 2. The van der Waals surface area contributed by atoms with Crippen molar-refractivity contribution in [3.05, 3.63) is 46.5 Å². The molecule has 0 amide bonds. The molecule has 108 valence electrons. The van der Waals surface area contributed by atoms with Gasteiger partial charge in [0.15, 0.2) is 11.5 Å². The molecule has 2 aromatic rings. The van der Waals surface area contributed by atoms with E-state index in [0.29, 0.717) is 34.5 Å². The van der Waals surface area contributed by atoms with Crippen LogP contribution in [0.3, 0.4) is 0 Å². The molecule has 0 unspecified atom stereocenters. The first-order valence-corrected chi connectivity index (χ1v) is 7.00. The second kappa shape index (κ2) is 5.53. The van der Waals surface area contributed by atoms with E-state index in [1.807, 2.05) is 0 Å². The lowest BCUT2D eigenvalue weighted by Crippen LogP contribution is -2.15. The summed E-state index contributed by atoms with van der Waals surface area (Å²) in [5, 5.41) is 20.7. The minimum Gasteiger partial charge on any atom is -0.508 e. The fourth-order valence-corrected chi connectivity index (χ4v) is 2.94. The summed E-state index contributed by atoms with van der Waals surface area (Å²) in [6, 6.07) is 9.51. The lowest BCUT2D eigenvalue weighted by molar-refractivity contribution is -0.387. The molecule has 1 heterocycles. The zero-order chi connectivity index (χ0) is 14.8. The maximum absolute atomic E-state index is 11.2. The van der Waals surface area contributed by atoms with Crippen molar-refractivity contribution in [2.24, 2.45) is 0 Å². The molecule has 0 aromatic heterocycles. The molecular weight excluding hydrogens is 294 g/mol. The van der Waals surface area contributed by atoms with E-state index in [1.54, 1.807) is 30.3 Å². The molecule has 1 aliphatic rings. The number of nitro groups is 1. The predicted octanol–water partition coefficient (Wildman–Crippen LogP) is 3.22. The maximum Gasteiger partial charge on any atom is 0.287 e. The maximum atomic E-state index is 11.2. The number of benzene rings is 2. The summed E-state index contributed by atoms with van der Waals surface area (Å²) in [4.78, 5) is 11.9. The van der Waals surface area contributed by atoms with Crippen LogP contribution in [0.25, 0.3) is 0 Å². The van der Waals surface area contributed by atoms with E-state index in [1.165, 1.54) is 17.8 Å². The summed E-state index contributed by atoms with van der Waals surface area (Å²) < 4.78 is 10.8. The molecule has 0 saturated carbocycles. The van der Waals surface area contributed by atoms with Crippen molar-refractivity contribution in [1.29, 1.82) is 0 Å². The predicted molar refractivity (Wildman–Crippen MR) is 76.3 cm³/mol. The first-order chi connectivity index (χ1) is 10.1. The van der Waals surface area contributed by atoms with E-state index >= 15 is 0 Å². The SMILES string of the molecule is O=[N+]([O-])c1cc2c(cc1Sc1cccc(O)c1)OCCO2. The Hall–Kier alpha value is -2.41. The van der Waals surface area contributed by atoms with E-state index in [9.17, 15) is 15.2 Å². The molecule has 0 atom stereocenters. The first kappa shape index (κ1) is 13.6. The highest BCUT2D eigenvalue weighted by molar-refractivity contribution is 7.99. The zero-order valence-corrected chi connectivity index (χ0v) is 11.6. The molecule has 2 aromatic carbocycles. The van der Waals surface area contributed by atoms with Crippen molar-refractivity contribution in [1.82, 2.24) is 0 Å². The fraction of sp³-hybridized carbons (Fsp3) is 0.143. The van der Waals surface area contributed by atoms with Crippen molar-refractivity contribution in [2.75, 3.05) is 13.2 Å². The highest BCUT2D eigenvalue weighted by Crippen LogP contribution is 2.43. The van der Waals surface area contributed by atoms with Crippen LogP contribution >= 0.6 is 11.8 Å². The Bertz CT molecular complexity index is 704. The lowest BCUT2D eigenvalue weighted by atomic mass is 10.2. The first-order valence-electron chi connectivity index (χ1n) is 6.18. The Morgan fingerprint density at radius 3 is 2.52 bits per heavy atom. The van der Waals surface area contributed by atoms with Crippen molar-refractivity contribution in [2.45, 2.75) is 9.79 Å². The summed E-state index contributed by atoms with van der Waals surface area (Å²) in [6.07, 6.45) is 0. The fourth-order valence-electron chi connectivity index (χ4n) is 1.96. The van der Waals surface area contributed by atoms with Gasteiger partial charge in [-0.2, -0.15) is 0 Å². The average molecular weight is 305 g/mol. The number of aromatic hydroxyl groups is 1. The summed E-state index contributed by atoms with van der Waals surface area (Å²) in [5.74, 6) is 0.989. The number of nitro benzene ring substituents is 1. The number of phenols is 1. The highest BCUT2D eigenvalue weighted by Gasteiger charge is 2.23. The number of rotatable bonds is 3. The second-order valence-electron chi connectivity index (χ2n) is 4.32. The van der Waals surface area contributed by atoms with Gasteiger partial charge >= 0.3 is 0 Å². The summed E-state index contributed by atoms with van der Waals surface area (Å²) >= 11 is 1.19. The van der Waals surface area contributed by atoms with Crippen molar-refractivity contribution >= 4 is 17.4 Å². The number of phenolic OH excluding ortho intramolecular Hbond substituents is 1. The van der Waals surface area contributed by atoms with Gasteiger partial charge in [0.2, 0.25) is 0 Å². The van der Waals surface area contributed by atoms with Crippen molar-refractivity contribution in [3.63, 3.8) is 0 Å². The topological polar surface area (TPSA) is 81.8 Å². The largest absolute Gasteiger partial charge is 0.508 e. The Kier molecular flexibility index (Phi) is 3.57. The van der Waals surface area contributed by atoms with Gasteiger partial charge in [-0.25, -0.2) is 0 Å². The number of nitrogens with zero attached hydrogens (tertiary/aromatic N) is 1. The monoisotopic (exact) mass is 305 g/mol. The van der Waals surface area contributed by atoms with Crippen LogP contribution in [-0.4, -0.2) is 23.2 Å². The Balaban J connectivity index is 2.01. The quantitative estimate of drug-likeness (QED) is 0.692. The van der Waals surface area contributed by atoms with Gasteiger partial charge in [0.05, 0.1) is 15.9 Å². The summed E-state index contributed by atoms with van der Waals surface area (Å²) in [7, 11) is 0. The van der Waals surface area contributed by atoms with E-state index in [0.717, 1.165) is 0 Å². The van der Waals surface area contributed by atoms with Gasteiger partial charge in [0.1, 0.15) is 19.0 Å². The second-order valence-corrected chi connectivity index (χ2v) is 5.44. The van der Waals surface area contributed by atoms with Gasteiger partial charge in [-0.1, -0.05) is 17.8 Å². The van der Waals surface area contributed by atoms with Crippen LogP contribution in [0.1, 0.15) is 0 Å². The van der Waals surface area contributed by atoms with Gasteiger partial charge in [-0.05, 0) is 18.2 Å². The highest BCUT2D eigenvalue weighted by atomic mass is 32.2. The standard InChI is InChI=1S/C14H11NO5S/c16-9-2-1-3-10(6-9)21-14-8-13-12(19-4-5-20-13)7-11(14)15(17)18/h1-3,6-8,16H,4-5H2.